The van der Waals surface area contributed by atoms with Gasteiger partial charge in [0.05, 0.1) is 0 Å². The largest absolute Gasteiger partial charge is 0.0654 e. The summed E-state index contributed by atoms with van der Waals surface area (Å²) in [4.78, 5) is 0. The summed E-state index contributed by atoms with van der Waals surface area (Å²) in [5.74, 6) is 0.910. The van der Waals surface area contributed by atoms with Gasteiger partial charge in [0.2, 0.25) is 0 Å². The van der Waals surface area contributed by atoms with Crippen molar-refractivity contribution in [2.75, 3.05) is 0 Å². The Morgan fingerprint density at radius 2 is 1.43 bits per heavy atom. The second kappa shape index (κ2) is 7.31. The average molecular weight is 198 g/mol. The Bertz CT molecular complexity index is 120. The summed E-state index contributed by atoms with van der Waals surface area (Å²) >= 11 is 0. The number of hydrogen-bond acceptors (Lipinski definition) is 0. The van der Waals surface area contributed by atoms with Crippen LogP contribution >= 0.6 is 0 Å². The van der Waals surface area contributed by atoms with Crippen LogP contribution < -0.4 is 0 Å². The molecule has 1 atom stereocenters. The Morgan fingerprint density at radius 1 is 0.929 bits per heavy atom. The highest BCUT2D eigenvalue weighted by atomic mass is 14.3. The quantitative estimate of drug-likeness (QED) is 0.488. The zero-order valence-corrected chi connectivity index (χ0v) is 11.0. The van der Waals surface area contributed by atoms with Gasteiger partial charge in [0.25, 0.3) is 0 Å². The van der Waals surface area contributed by atoms with E-state index in [1.807, 2.05) is 0 Å². The normalized spacial score (nSPS) is 14.4. The van der Waals surface area contributed by atoms with Crippen molar-refractivity contribution in [3.05, 3.63) is 0 Å². The molecule has 0 unspecified atom stereocenters. The summed E-state index contributed by atoms with van der Waals surface area (Å²) in [5.41, 5.74) is 0.666. The van der Waals surface area contributed by atoms with Gasteiger partial charge < -0.3 is 0 Å². The van der Waals surface area contributed by atoms with Crippen LogP contribution in [0, 0.1) is 11.3 Å². The maximum atomic E-state index is 2.41. The van der Waals surface area contributed by atoms with Gasteiger partial charge in [0.1, 0.15) is 0 Å². The van der Waals surface area contributed by atoms with Crippen LogP contribution in [0.1, 0.15) is 79.6 Å². The molecule has 0 amide bonds. The zero-order valence-electron chi connectivity index (χ0n) is 11.0. The smallest absolute Gasteiger partial charge is 0.0298 e. The first-order chi connectivity index (χ1) is 6.64. The van der Waals surface area contributed by atoms with Crippen LogP contribution in [0.3, 0.4) is 0 Å². The standard InChI is InChI=1S/C14H30/c1-6-10-14(9-4,11-7-2)12-13(5)8-3/h13H,6-12H2,1-5H3/t13-/m0/s1. The van der Waals surface area contributed by atoms with Crippen LogP contribution in [0.5, 0.6) is 0 Å². The molecule has 0 spiro atoms. The number of rotatable bonds is 8. The Morgan fingerprint density at radius 3 is 1.71 bits per heavy atom. The molecule has 0 aliphatic heterocycles. The maximum Gasteiger partial charge on any atom is -0.0298 e. The molecule has 14 heavy (non-hydrogen) atoms. The van der Waals surface area contributed by atoms with E-state index in [9.17, 15) is 0 Å². The van der Waals surface area contributed by atoms with Crippen molar-refractivity contribution >= 4 is 0 Å². The van der Waals surface area contributed by atoms with Crippen molar-refractivity contribution in [2.24, 2.45) is 11.3 Å². The molecule has 0 aromatic heterocycles. The van der Waals surface area contributed by atoms with Crippen molar-refractivity contribution < 1.29 is 0 Å². The van der Waals surface area contributed by atoms with Crippen molar-refractivity contribution in [2.45, 2.75) is 79.6 Å². The van der Waals surface area contributed by atoms with Crippen LogP contribution in [0.2, 0.25) is 0 Å². The van der Waals surface area contributed by atoms with Crippen LogP contribution in [0.25, 0.3) is 0 Å². The summed E-state index contributed by atoms with van der Waals surface area (Å²) in [6.07, 6.45) is 9.73. The topological polar surface area (TPSA) is 0 Å². The highest BCUT2D eigenvalue weighted by Crippen LogP contribution is 2.40. The molecule has 0 rings (SSSR count). The first kappa shape index (κ1) is 14.0. The van der Waals surface area contributed by atoms with Crippen LogP contribution in [-0.2, 0) is 0 Å². The van der Waals surface area contributed by atoms with Gasteiger partial charge in [0, 0.05) is 0 Å². The minimum atomic E-state index is 0.666. The van der Waals surface area contributed by atoms with E-state index in [0.717, 1.165) is 5.92 Å². The molecule has 0 fully saturated rings. The third kappa shape index (κ3) is 4.48. The van der Waals surface area contributed by atoms with Gasteiger partial charge in [-0.15, -0.1) is 0 Å². The first-order valence-electron chi connectivity index (χ1n) is 6.64. The van der Waals surface area contributed by atoms with E-state index in [0.29, 0.717) is 5.41 Å². The summed E-state index contributed by atoms with van der Waals surface area (Å²) in [5, 5.41) is 0. The first-order valence-corrected chi connectivity index (χ1v) is 6.64. The summed E-state index contributed by atoms with van der Waals surface area (Å²) in [7, 11) is 0. The van der Waals surface area contributed by atoms with Gasteiger partial charge in [-0.1, -0.05) is 60.3 Å². The number of hydrogen-bond donors (Lipinski definition) is 0. The molecule has 0 heterocycles. The third-order valence-corrected chi connectivity index (χ3v) is 3.79. The van der Waals surface area contributed by atoms with Crippen LogP contribution in [0.4, 0.5) is 0 Å². The fraction of sp³-hybridized carbons (Fsp3) is 1.00. The van der Waals surface area contributed by atoms with Gasteiger partial charge in [0.15, 0.2) is 0 Å². The minimum absolute atomic E-state index is 0.666. The Balaban J connectivity index is 4.31. The summed E-state index contributed by atoms with van der Waals surface area (Å²) in [6.45, 7) is 11.8. The van der Waals surface area contributed by atoms with Gasteiger partial charge in [-0.25, -0.2) is 0 Å². The maximum absolute atomic E-state index is 2.41. The van der Waals surface area contributed by atoms with Crippen LogP contribution in [-0.4, -0.2) is 0 Å². The second-order valence-corrected chi connectivity index (χ2v) is 5.07. The zero-order chi connectivity index (χ0) is 11.0. The van der Waals surface area contributed by atoms with Gasteiger partial charge in [-0.3, -0.25) is 0 Å². The predicted octanol–water partition coefficient (Wildman–Crippen LogP) is 5.42. The molecule has 0 saturated carbocycles. The van der Waals surface area contributed by atoms with Gasteiger partial charge in [-0.05, 0) is 30.6 Å². The van der Waals surface area contributed by atoms with E-state index < -0.39 is 0 Å². The van der Waals surface area contributed by atoms with E-state index in [1.165, 1.54) is 44.9 Å². The van der Waals surface area contributed by atoms with Gasteiger partial charge in [-0.2, -0.15) is 0 Å². The molecular formula is C14H30. The SMILES string of the molecule is CCCC(CC)(CCC)C[C@@H](C)CC. The molecule has 0 saturated heterocycles. The van der Waals surface area contributed by atoms with Crippen molar-refractivity contribution in [1.29, 1.82) is 0 Å². The van der Waals surface area contributed by atoms with E-state index >= 15 is 0 Å². The van der Waals surface area contributed by atoms with Crippen LogP contribution in [0.15, 0.2) is 0 Å². The monoisotopic (exact) mass is 198 g/mol. The predicted molar refractivity (Wildman–Crippen MR) is 66.6 cm³/mol. The van der Waals surface area contributed by atoms with E-state index in [-0.39, 0.29) is 0 Å². The lowest BCUT2D eigenvalue weighted by molar-refractivity contribution is 0.169. The fourth-order valence-corrected chi connectivity index (χ4v) is 2.77. The van der Waals surface area contributed by atoms with Gasteiger partial charge >= 0.3 is 0 Å². The van der Waals surface area contributed by atoms with E-state index in [4.69, 9.17) is 0 Å². The fourth-order valence-electron chi connectivity index (χ4n) is 2.77. The lowest BCUT2D eigenvalue weighted by atomic mass is 9.71. The van der Waals surface area contributed by atoms with E-state index in [1.54, 1.807) is 0 Å². The van der Waals surface area contributed by atoms with Crippen molar-refractivity contribution in [3.8, 4) is 0 Å². The summed E-state index contributed by atoms with van der Waals surface area (Å²) in [6, 6.07) is 0. The molecule has 0 aliphatic carbocycles. The minimum Gasteiger partial charge on any atom is -0.0654 e. The molecule has 0 aromatic rings. The molecular weight excluding hydrogens is 168 g/mol. The highest BCUT2D eigenvalue weighted by Gasteiger charge is 2.27. The van der Waals surface area contributed by atoms with E-state index in [2.05, 4.69) is 34.6 Å². The lowest BCUT2D eigenvalue weighted by Gasteiger charge is -2.35. The summed E-state index contributed by atoms with van der Waals surface area (Å²) < 4.78 is 0. The molecule has 0 aliphatic rings. The second-order valence-electron chi connectivity index (χ2n) is 5.07. The molecule has 0 aromatic carbocycles. The highest BCUT2D eigenvalue weighted by molar-refractivity contribution is 4.79. The molecule has 0 bridgehead atoms. The Hall–Kier alpha value is 0. The average Bonchev–Trinajstić information content (AvgIpc) is 2.18. The lowest BCUT2D eigenvalue weighted by Crippen LogP contribution is -2.22. The molecule has 0 nitrogen and oxygen atoms in total. The third-order valence-electron chi connectivity index (χ3n) is 3.79. The molecule has 0 N–H and O–H groups in total. The molecule has 0 heteroatoms. The Kier molecular flexibility index (Phi) is 7.31. The Labute approximate surface area is 91.5 Å². The van der Waals surface area contributed by atoms with Crippen molar-refractivity contribution in [1.82, 2.24) is 0 Å². The van der Waals surface area contributed by atoms with Crippen molar-refractivity contribution in [3.63, 3.8) is 0 Å². The molecule has 86 valence electrons. The molecule has 0 radical (unpaired) electrons.